The highest BCUT2D eigenvalue weighted by Crippen LogP contribution is 2.34. The minimum absolute atomic E-state index is 0.556. The van der Waals surface area contributed by atoms with Crippen LogP contribution >= 0.6 is 11.6 Å². The van der Waals surface area contributed by atoms with E-state index in [9.17, 15) is 0 Å². The number of pyridine rings is 1. The monoisotopic (exact) mass is 433 g/mol. The Labute approximate surface area is 186 Å². The number of rotatable bonds is 3. The molecular formula is C24H24ClN5O. The molecule has 1 saturated heterocycles. The first-order valence-corrected chi connectivity index (χ1v) is 10.7. The van der Waals surface area contributed by atoms with Crippen molar-refractivity contribution in [2.75, 3.05) is 36.9 Å². The highest BCUT2D eigenvalue weighted by Gasteiger charge is 2.17. The molecule has 2 N–H and O–H groups in total. The largest absolute Gasteiger partial charge is 0.382 e. The molecule has 0 amide bonds. The van der Waals surface area contributed by atoms with E-state index in [0.29, 0.717) is 24.1 Å². The third-order valence-electron chi connectivity index (χ3n) is 5.80. The van der Waals surface area contributed by atoms with Crippen LogP contribution in [0.1, 0.15) is 11.3 Å². The van der Waals surface area contributed by atoms with Gasteiger partial charge in [-0.2, -0.15) is 5.10 Å². The van der Waals surface area contributed by atoms with E-state index in [1.807, 2.05) is 29.9 Å². The highest BCUT2D eigenvalue weighted by atomic mass is 35.5. The maximum absolute atomic E-state index is 6.29. The van der Waals surface area contributed by atoms with Crippen LogP contribution in [-0.4, -0.2) is 41.1 Å². The molecule has 31 heavy (non-hydrogen) atoms. The number of aromatic nitrogens is 3. The summed E-state index contributed by atoms with van der Waals surface area (Å²) < 4.78 is 7.34. The van der Waals surface area contributed by atoms with E-state index in [1.165, 1.54) is 0 Å². The zero-order valence-electron chi connectivity index (χ0n) is 17.6. The Morgan fingerprint density at radius 3 is 2.58 bits per heavy atom. The number of fused-ring (bicyclic) bond motifs is 1. The molecular weight excluding hydrogens is 410 g/mol. The molecule has 0 radical (unpaired) electrons. The number of nitrogens with zero attached hydrogens (tertiary/aromatic N) is 4. The highest BCUT2D eigenvalue weighted by molar-refractivity contribution is 6.31. The number of aryl methyl sites for hydroxylation is 2. The predicted octanol–water partition coefficient (Wildman–Crippen LogP) is 4.78. The maximum atomic E-state index is 6.29. The number of benzene rings is 2. The summed E-state index contributed by atoms with van der Waals surface area (Å²) in [5, 5.41) is 6.30. The van der Waals surface area contributed by atoms with Gasteiger partial charge in [-0.05, 0) is 49.2 Å². The summed E-state index contributed by atoms with van der Waals surface area (Å²) >= 11 is 6.28. The van der Waals surface area contributed by atoms with Crippen LogP contribution in [0.25, 0.3) is 27.7 Å². The van der Waals surface area contributed by atoms with Crippen LogP contribution in [0.2, 0.25) is 5.02 Å². The second kappa shape index (κ2) is 7.87. The molecule has 1 fully saturated rings. The fourth-order valence-corrected chi connectivity index (χ4v) is 4.30. The number of halogens is 1. The Morgan fingerprint density at radius 2 is 1.84 bits per heavy atom. The molecule has 2 aromatic carbocycles. The molecule has 0 aliphatic carbocycles. The Morgan fingerprint density at radius 1 is 1.03 bits per heavy atom. The summed E-state index contributed by atoms with van der Waals surface area (Å²) in [5.74, 6) is 0.556. The molecule has 0 bridgehead atoms. The van der Waals surface area contributed by atoms with E-state index in [2.05, 4.69) is 52.2 Å². The fraction of sp³-hybridized carbons (Fsp3) is 0.250. The molecule has 0 spiro atoms. The number of ether oxygens (including phenoxy) is 1. The molecule has 2 aromatic heterocycles. The SMILES string of the molecule is Cc1cccc(-n2cc(Cl)c(C)n2)c1-c1ccc2nc(N)c(N3CCOCC3)cc2c1. The van der Waals surface area contributed by atoms with Crippen molar-refractivity contribution in [3.63, 3.8) is 0 Å². The summed E-state index contributed by atoms with van der Waals surface area (Å²) in [6.45, 7) is 7.07. The van der Waals surface area contributed by atoms with Crippen LogP contribution in [0.15, 0.2) is 48.7 Å². The molecule has 1 aliphatic rings. The number of nitrogen functional groups attached to an aromatic ring is 1. The van der Waals surface area contributed by atoms with Gasteiger partial charge in [0.15, 0.2) is 0 Å². The Balaban J connectivity index is 1.65. The van der Waals surface area contributed by atoms with Crippen molar-refractivity contribution in [2.45, 2.75) is 13.8 Å². The average Bonchev–Trinajstić information content (AvgIpc) is 3.11. The number of hydrogen-bond donors (Lipinski definition) is 1. The van der Waals surface area contributed by atoms with Crippen molar-refractivity contribution in [1.29, 1.82) is 0 Å². The van der Waals surface area contributed by atoms with Crippen molar-refractivity contribution in [3.8, 4) is 16.8 Å². The van der Waals surface area contributed by atoms with Gasteiger partial charge in [-0.3, -0.25) is 0 Å². The van der Waals surface area contributed by atoms with Crippen LogP contribution in [0, 0.1) is 13.8 Å². The van der Waals surface area contributed by atoms with E-state index in [1.54, 1.807) is 0 Å². The van der Waals surface area contributed by atoms with E-state index in [0.717, 1.165) is 57.8 Å². The summed E-state index contributed by atoms with van der Waals surface area (Å²) in [6.07, 6.45) is 1.86. The lowest BCUT2D eigenvalue weighted by molar-refractivity contribution is 0.123. The van der Waals surface area contributed by atoms with Gasteiger partial charge in [0.1, 0.15) is 5.82 Å². The van der Waals surface area contributed by atoms with E-state index < -0.39 is 0 Å². The zero-order valence-corrected chi connectivity index (χ0v) is 18.4. The first kappa shape index (κ1) is 19.8. The van der Waals surface area contributed by atoms with E-state index in [-0.39, 0.29) is 0 Å². The third kappa shape index (κ3) is 3.62. The molecule has 158 valence electrons. The second-order valence-corrected chi connectivity index (χ2v) is 8.28. The molecule has 7 heteroatoms. The zero-order chi connectivity index (χ0) is 21.5. The molecule has 0 atom stereocenters. The normalized spacial score (nSPS) is 14.4. The van der Waals surface area contributed by atoms with Gasteiger partial charge in [0, 0.05) is 30.2 Å². The van der Waals surface area contributed by atoms with Gasteiger partial charge in [-0.1, -0.05) is 29.8 Å². The lowest BCUT2D eigenvalue weighted by Crippen LogP contribution is -2.36. The van der Waals surface area contributed by atoms with E-state index >= 15 is 0 Å². The first-order valence-electron chi connectivity index (χ1n) is 10.4. The molecule has 6 nitrogen and oxygen atoms in total. The molecule has 1 aliphatic heterocycles. The molecule has 0 unspecified atom stereocenters. The molecule has 0 saturated carbocycles. The minimum Gasteiger partial charge on any atom is -0.382 e. The summed E-state index contributed by atoms with van der Waals surface area (Å²) in [4.78, 5) is 6.91. The predicted molar refractivity (Wildman–Crippen MR) is 126 cm³/mol. The topological polar surface area (TPSA) is 69.2 Å². The van der Waals surface area contributed by atoms with Gasteiger partial charge in [0.2, 0.25) is 0 Å². The van der Waals surface area contributed by atoms with Crippen LogP contribution < -0.4 is 10.6 Å². The minimum atomic E-state index is 0.556. The first-order chi connectivity index (χ1) is 15.0. The smallest absolute Gasteiger partial charge is 0.147 e. The van der Waals surface area contributed by atoms with E-state index in [4.69, 9.17) is 22.1 Å². The Hall–Kier alpha value is -3.09. The molecule has 4 aromatic rings. The standard InChI is InChI=1S/C24H24ClN5O/c1-15-4-3-5-21(30-14-19(25)16(2)28-30)23(15)17-6-7-20-18(12-17)13-22(24(26)27-20)29-8-10-31-11-9-29/h3-7,12-14H,8-11H2,1-2H3,(H2,26,27). The summed E-state index contributed by atoms with van der Waals surface area (Å²) in [5.41, 5.74) is 13.3. The summed E-state index contributed by atoms with van der Waals surface area (Å²) in [7, 11) is 0. The lowest BCUT2D eigenvalue weighted by atomic mass is 9.97. The van der Waals surface area contributed by atoms with Gasteiger partial charge in [0.05, 0.1) is 40.8 Å². The van der Waals surface area contributed by atoms with Crippen LogP contribution in [0.5, 0.6) is 0 Å². The van der Waals surface area contributed by atoms with Crippen LogP contribution in [-0.2, 0) is 4.74 Å². The summed E-state index contributed by atoms with van der Waals surface area (Å²) in [6, 6.07) is 14.7. The number of morpholine rings is 1. The molecule has 3 heterocycles. The van der Waals surface area contributed by atoms with Gasteiger partial charge in [-0.15, -0.1) is 0 Å². The average molecular weight is 434 g/mol. The second-order valence-electron chi connectivity index (χ2n) is 7.88. The Kier molecular flexibility index (Phi) is 5.04. The number of nitrogens with two attached hydrogens (primary N) is 1. The van der Waals surface area contributed by atoms with Crippen molar-refractivity contribution in [2.24, 2.45) is 0 Å². The van der Waals surface area contributed by atoms with Crippen molar-refractivity contribution in [1.82, 2.24) is 14.8 Å². The Bertz CT molecular complexity index is 1260. The number of hydrogen-bond acceptors (Lipinski definition) is 5. The van der Waals surface area contributed by atoms with Gasteiger partial charge < -0.3 is 15.4 Å². The third-order valence-corrected chi connectivity index (χ3v) is 6.17. The maximum Gasteiger partial charge on any atom is 0.147 e. The van der Waals surface area contributed by atoms with Crippen LogP contribution in [0.4, 0.5) is 11.5 Å². The van der Waals surface area contributed by atoms with Gasteiger partial charge in [-0.25, -0.2) is 9.67 Å². The fourth-order valence-electron chi connectivity index (χ4n) is 4.17. The van der Waals surface area contributed by atoms with Crippen LogP contribution in [0.3, 0.4) is 0 Å². The molecule has 5 rings (SSSR count). The van der Waals surface area contributed by atoms with Gasteiger partial charge in [0.25, 0.3) is 0 Å². The lowest BCUT2D eigenvalue weighted by Gasteiger charge is -2.29. The van der Waals surface area contributed by atoms with Crippen molar-refractivity contribution in [3.05, 3.63) is 64.9 Å². The number of anilines is 2. The van der Waals surface area contributed by atoms with Gasteiger partial charge >= 0.3 is 0 Å². The van der Waals surface area contributed by atoms with Crippen molar-refractivity contribution < 1.29 is 4.74 Å². The van der Waals surface area contributed by atoms with Crippen molar-refractivity contribution >= 4 is 34.0 Å². The quantitative estimate of drug-likeness (QED) is 0.503.